The van der Waals surface area contributed by atoms with Gasteiger partial charge in [-0.05, 0) is 36.4 Å². The zero-order valence-corrected chi connectivity index (χ0v) is 13.1. The van der Waals surface area contributed by atoms with E-state index >= 15 is 0 Å². The maximum atomic E-state index is 12.1. The average Bonchev–Trinajstić information content (AvgIpc) is 2.59. The van der Waals surface area contributed by atoms with E-state index in [9.17, 15) is 14.4 Å². The molecule has 2 aromatic carbocycles. The Hall–Kier alpha value is -2.92. The minimum atomic E-state index is -0.763. The largest absolute Gasteiger partial charge is 0.454 e. The fourth-order valence-corrected chi connectivity index (χ4v) is 2.26. The van der Waals surface area contributed by atoms with Crippen molar-refractivity contribution in [3.8, 4) is 0 Å². The molecule has 0 aliphatic rings. The van der Waals surface area contributed by atoms with Crippen molar-refractivity contribution >= 4 is 34.3 Å². The third-order valence-corrected chi connectivity index (χ3v) is 3.61. The van der Waals surface area contributed by atoms with Crippen molar-refractivity contribution in [2.24, 2.45) is 0 Å². The van der Waals surface area contributed by atoms with Crippen LogP contribution in [0.4, 0.5) is 0 Å². The van der Waals surface area contributed by atoms with E-state index in [4.69, 9.17) is 20.8 Å². The molecule has 0 unspecified atom stereocenters. The number of hydrogen-bond acceptors (Lipinski definition) is 5. The Morgan fingerprint density at radius 1 is 1.04 bits per heavy atom. The van der Waals surface area contributed by atoms with Crippen molar-refractivity contribution < 1.29 is 18.7 Å². The van der Waals surface area contributed by atoms with Gasteiger partial charge in [0.2, 0.25) is 5.78 Å². The molecule has 0 bridgehead atoms. The van der Waals surface area contributed by atoms with E-state index in [2.05, 4.69) is 0 Å². The van der Waals surface area contributed by atoms with Crippen molar-refractivity contribution in [1.82, 2.24) is 0 Å². The molecule has 0 saturated heterocycles. The Morgan fingerprint density at radius 2 is 1.75 bits per heavy atom. The maximum Gasteiger partial charge on any atom is 0.347 e. The van der Waals surface area contributed by atoms with Gasteiger partial charge in [-0.1, -0.05) is 29.8 Å². The third-order valence-electron chi connectivity index (χ3n) is 3.36. The van der Waals surface area contributed by atoms with E-state index in [1.807, 2.05) is 0 Å². The quantitative estimate of drug-likeness (QED) is 0.412. The molecule has 0 aliphatic heterocycles. The molecule has 0 amide bonds. The zero-order valence-electron chi connectivity index (χ0n) is 12.3. The van der Waals surface area contributed by atoms with Crippen LogP contribution in [0.15, 0.2) is 63.8 Å². The normalized spacial score (nSPS) is 10.5. The lowest BCUT2D eigenvalue weighted by molar-refractivity contribution is 0.0473. The summed E-state index contributed by atoms with van der Waals surface area (Å²) in [6, 6.07) is 14.3. The summed E-state index contributed by atoms with van der Waals surface area (Å²) < 4.78 is 10.0. The van der Waals surface area contributed by atoms with Gasteiger partial charge in [-0.25, -0.2) is 9.59 Å². The van der Waals surface area contributed by atoms with Crippen LogP contribution in [0, 0.1) is 0 Å². The summed E-state index contributed by atoms with van der Waals surface area (Å²) in [5.74, 6) is -1.30. The number of rotatable bonds is 4. The molecule has 0 atom stereocenters. The summed E-state index contributed by atoms with van der Waals surface area (Å²) in [7, 11) is 0. The van der Waals surface area contributed by atoms with Gasteiger partial charge in [0.05, 0.1) is 5.56 Å². The lowest BCUT2D eigenvalue weighted by Crippen LogP contribution is -2.20. The standard InChI is InChI=1S/C18H11ClO5/c19-13-7-5-11(6-8-13)17(21)23-10-15(20)14-9-12-3-1-2-4-16(12)24-18(14)22/h1-9H,10H2. The van der Waals surface area contributed by atoms with Gasteiger partial charge in [0.25, 0.3) is 0 Å². The predicted molar refractivity (Wildman–Crippen MR) is 88.5 cm³/mol. The number of Topliss-reactive ketones (excluding diaryl/α,β-unsaturated/α-hetero) is 1. The summed E-state index contributed by atoms with van der Waals surface area (Å²) in [6.45, 7) is -0.551. The fourth-order valence-electron chi connectivity index (χ4n) is 2.13. The molecular formula is C18H11ClO5. The van der Waals surface area contributed by atoms with Crippen LogP contribution in [0.2, 0.25) is 5.02 Å². The molecule has 1 heterocycles. The molecule has 0 aliphatic carbocycles. The second-order valence-corrected chi connectivity index (χ2v) is 5.43. The van der Waals surface area contributed by atoms with Crippen LogP contribution in [0.5, 0.6) is 0 Å². The SMILES string of the molecule is O=C(OCC(=O)c1cc2ccccc2oc1=O)c1ccc(Cl)cc1. The van der Waals surface area contributed by atoms with E-state index in [-0.39, 0.29) is 11.1 Å². The van der Waals surface area contributed by atoms with Gasteiger partial charge >= 0.3 is 11.6 Å². The summed E-state index contributed by atoms with van der Waals surface area (Å²) in [4.78, 5) is 35.9. The van der Waals surface area contributed by atoms with Crippen molar-refractivity contribution in [1.29, 1.82) is 0 Å². The number of halogens is 1. The Labute approximate surface area is 141 Å². The molecule has 1 aromatic heterocycles. The number of carbonyl (C=O) groups is 2. The minimum absolute atomic E-state index is 0.155. The summed E-state index contributed by atoms with van der Waals surface area (Å²) >= 11 is 5.74. The lowest BCUT2D eigenvalue weighted by Gasteiger charge is -2.05. The van der Waals surface area contributed by atoms with Crippen LogP contribution >= 0.6 is 11.6 Å². The van der Waals surface area contributed by atoms with Gasteiger partial charge in [-0.3, -0.25) is 4.79 Å². The molecule has 3 rings (SSSR count). The average molecular weight is 343 g/mol. The Kier molecular flexibility index (Phi) is 4.44. The number of esters is 1. The van der Waals surface area contributed by atoms with Crippen molar-refractivity contribution in [3.63, 3.8) is 0 Å². The van der Waals surface area contributed by atoms with Crippen LogP contribution in [0.25, 0.3) is 11.0 Å². The number of ether oxygens (including phenoxy) is 1. The topological polar surface area (TPSA) is 73.6 Å². The van der Waals surface area contributed by atoms with E-state index in [0.717, 1.165) is 0 Å². The van der Waals surface area contributed by atoms with Crippen molar-refractivity contribution in [3.05, 3.63) is 81.2 Å². The first-order valence-corrected chi connectivity index (χ1v) is 7.41. The predicted octanol–water partition coefficient (Wildman–Crippen LogP) is 3.49. The highest BCUT2D eigenvalue weighted by atomic mass is 35.5. The van der Waals surface area contributed by atoms with E-state index < -0.39 is 24.0 Å². The summed E-state index contributed by atoms with van der Waals surface area (Å²) in [5.41, 5.74) is -0.270. The third kappa shape index (κ3) is 3.36. The van der Waals surface area contributed by atoms with Gasteiger partial charge in [-0.2, -0.15) is 0 Å². The maximum absolute atomic E-state index is 12.1. The summed E-state index contributed by atoms with van der Waals surface area (Å²) in [5, 5.41) is 1.10. The van der Waals surface area contributed by atoms with Crippen LogP contribution in [-0.2, 0) is 4.74 Å². The van der Waals surface area contributed by atoms with Crippen LogP contribution in [0.1, 0.15) is 20.7 Å². The molecule has 3 aromatic rings. The molecule has 0 saturated carbocycles. The minimum Gasteiger partial charge on any atom is -0.454 e. The first-order valence-electron chi connectivity index (χ1n) is 7.03. The van der Waals surface area contributed by atoms with E-state index in [1.54, 1.807) is 24.3 Å². The number of benzene rings is 2. The second-order valence-electron chi connectivity index (χ2n) is 4.99. The van der Waals surface area contributed by atoms with E-state index in [0.29, 0.717) is 16.0 Å². The van der Waals surface area contributed by atoms with Crippen LogP contribution in [0.3, 0.4) is 0 Å². The first kappa shape index (κ1) is 16.0. The Bertz CT molecular complexity index is 973. The van der Waals surface area contributed by atoms with Crippen LogP contribution in [-0.4, -0.2) is 18.4 Å². The molecule has 120 valence electrons. The Morgan fingerprint density at radius 3 is 2.50 bits per heavy atom. The van der Waals surface area contributed by atoms with Gasteiger partial charge in [0.1, 0.15) is 11.1 Å². The van der Waals surface area contributed by atoms with Crippen molar-refractivity contribution in [2.75, 3.05) is 6.61 Å². The second kappa shape index (κ2) is 6.68. The highest BCUT2D eigenvalue weighted by Gasteiger charge is 2.16. The smallest absolute Gasteiger partial charge is 0.347 e. The molecule has 0 fully saturated rings. The van der Waals surface area contributed by atoms with Crippen LogP contribution < -0.4 is 5.63 Å². The lowest BCUT2D eigenvalue weighted by atomic mass is 10.1. The Balaban J connectivity index is 1.75. The van der Waals surface area contributed by atoms with Crippen molar-refractivity contribution in [2.45, 2.75) is 0 Å². The van der Waals surface area contributed by atoms with Gasteiger partial charge in [-0.15, -0.1) is 0 Å². The monoisotopic (exact) mass is 342 g/mol. The first-order chi connectivity index (χ1) is 11.5. The summed E-state index contributed by atoms with van der Waals surface area (Å²) in [6.07, 6.45) is 0. The molecule has 0 radical (unpaired) electrons. The van der Waals surface area contributed by atoms with E-state index in [1.165, 1.54) is 30.3 Å². The number of ketones is 1. The molecule has 5 nitrogen and oxygen atoms in total. The molecule has 6 heteroatoms. The molecular weight excluding hydrogens is 332 g/mol. The molecule has 24 heavy (non-hydrogen) atoms. The molecule has 0 spiro atoms. The van der Waals surface area contributed by atoms with Gasteiger partial charge in [0.15, 0.2) is 6.61 Å². The highest BCUT2D eigenvalue weighted by Crippen LogP contribution is 2.14. The van der Waals surface area contributed by atoms with Gasteiger partial charge in [0, 0.05) is 10.4 Å². The highest BCUT2D eigenvalue weighted by molar-refractivity contribution is 6.30. The fraction of sp³-hybridized carbons (Fsp3) is 0.0556. The number of fused-ring (bicyclic) bond motifs is 1. The number of carbonyl (C=O) groups excluding carboxylic acids is 2. The number of hydrogen-bond donors (Lipinski definition) is 0. The van der Waals surface area contributed by atoms with Gasteiger partial charge < -0.3 is 9.15 Å². The zero-order chi connectivity index (χ0) is 17.1. The number of para-hydroxylation sites is 1. The molecule has 0 N–H and O–H groups in total.